The molecule has 4 rings (SSSR count). The number of hydrogen-bond acceptors (Lipinski definition) is 4. The van der Waals surface area contributed by atoms with Crippen LogP contribution in [0.15, 0.2) is 65.7 Å². The minimum absolute atomic E-state index is 0.488. The molecule has 0 saturated carbocycles. The van der Waals surface area contributed by atoms with Crippen molar-refractivity contribution in [2.24, 2.45) is 0 Å². The van der Waals surface area contributed by atoms with Gasteiger partial charge in [0.1, 0.15) is 5.65 Å². The lowest BCUT2D eigenvalue weighted by Gasteiger charge is -2.19. The van der Waals surface area contributed by atoms with Crippen LogP contribution in [0, 0.1) is 0 Å². The number of methoxy groups -OCH3 is 1. The minimum atomic E-state index is -1.07. The summed E-state index contributed by atoms with van der Waals surface area (Å²) in [6.45, 7) is 1.45. The van der Waals surface area contributed by atoms with E-state index in [2.05, 4.69) is 28.0 Å². The SMILES string of the molecule is COCCN(C)c1ccnc2[nH]c3ccc(CS(=O)c4ccccc4)cc3c12. The van der Waals surface area contributed by atoms with Gasteiger partial charge in [0, 0.05) is 53.8 Å². The smallest absolute Gasteiger partial charge is 0.140 e. The zero-order valence-electron chi connectivity index (χ0n) is 16.0. The number of ether oxygens (including phenoxy) is 1. The molecule has 1 atom stereocenters. The molecule has 2 aromatic carbocycles. The van der Waals surface area contributed by atoms with Gasteiger partial charge < -0.3 is 14.6 Å². The number of pyridine rings is 1. The van der Waals surface area contributed by atoms with Crippen molar-refractivity contribution in [3.8, 4) is 0 Å². The van der Waals surface area contributed by atoms with Crippen LogP contribution >= 0.6 is 0 Å². The predicted octanol–water partition coefficient (Wildman–Crippen LogP) is 4.11. The Morgan fingerprint density at radius 1 is 1.14 bits per heavy atom. The molecule has 0 fully saturated rings. The van der Waals surface area contributed by atoms with Crippen LogP contribution in [0.25, 0.3) is 21.9 Å². The second-order valence-electron chi connectivity index (χ2n) is 6.78. The Balaban J connectivity index is 1.73. The van der Waals surface area contributed by atoms with E-state index in [1.165, 1.54) is 0 Å². The molecule has 28 heavy (non-hydrogen) atoms. The zero-order chi connectivity index (χ0) is 19.5. The van der Waals surface area contributed by atoms with E-state index in [4.69, 9.17) is 4.74 Å². The van der Waals surface area contributed by atoms with Crippen LogP contribution in [-0.4, -0.2) is 41.5 Å². The maximum absolute atomic E-state index is 12.7. The number of anilines is 1. The molecule has 1 N–H and O–H groups in total. The highest BCUT2D eigenvalue weighted by Gasteiger charge is 2.14. The number of hydrogen-bond donors (Lipinski definition) is 1. The zero-order valence-corrected chi connectivity index (χ0v) is 16.8. The molecule has 0 bridgehead atoms. The van der Waals surface area contributed by atoms with Gasteiger partial charge in [0.15, 0.2) is 0 Å². The number of nitrogens with one attached hydrogen (secondary N) is 1. The molecular formula is C22H23N3O2S. The number of H-pyrrole nitrogens is 1. The van der Waals surface area contributed by atoms with Crippen LogP contribution < -0.4 is 4.90 Å². The monoisotopic (exact) mass is 393 g/mol. The number of aromatic nitrogens is 2. The third-order valence-corrected chi connectivity index (χ3v) is 6.27. The number of likely N-dealkylation sites (N-methyl/N-ethyl adjacent to an activating group) is 1. The molecule has 0 radical (unpaired) electrons. The Hall–Kier alpha value is -2.70. The van der Waals surface area contributed by atoms with E-state index in [-0.39, 0.29) is 0 Å². The topological polar surface area (TPSA) is 58.2 Å². The quantitative estimate of drug-likeness (QED) is 0.513. The number of fused-ring (bicyclic) bond motifs is 3. The Morgan fingerprint density at radius 2 is 1.96 bits per heavy atom. The molecule has 6 heteroatoms. The van der Waals surface area contributed by atoms with Crippen molar-refractivity contribution in [1.82, 2.24) is 9.97 Å². The van der Waals surface area contributed by atoms with E-state index in [9.17, 15) is 4.21 Å². The molecule has 0 aliphatic rings. The van der Waals surface area contributed by atoms with E-state index in [0.717, 1.165) is 44.6 Å². The first-order valence-electron chi connectivity index (χ1n) is 9.20. The van der Waals surface area contributed by atoms with Gasteiger partial charge >= 0.3 is 0 Å². The first-order chi connectivity index (χ1) is 13.7. The van der Waals surface area contributed by atoms with E-state index in [1.807, 2.05) is 54.7 Å². The highest BCUT2D eigenvalue weighted by molar-refractivity contribution is 7.84. The number of benzene rings is 2. The first kappa shape index (κ1) is 18.7. The van der Waals surface area contributed by atoms with Crippen molar-refractivity contribution in [2.75, 3.05) is 32.2 Å². The minimum Gasteiger partial charge on any atom is -0.383 e. The van der Waals surface area contributed by atoms with Gasteiger partial charge in [-0.05, 0) is 35.9 Å². The van der Waals surface area contributed by atoms with Crippen LogP contribution in [0.5, 0.6) is 0 Å². The van der Waals surface area contributed by atoms with E-state index < -0.39 is 10.8 Å². The summed E-state index contributed by atoms with van der Waals surface area (Å²) in [7, 11) is 2.70. The second kappa shape index (κ2) is 8.12. The molecule has 2 heterocycles. The van der Waals surface area contributed by atoms with Crippen molar-refractivity contribution >= 4 is 38.4 Å². The van der Waals surface area contributed by atoms with Gasteiger partial charge in [-0.2, -0.15) is 0 Å². The van der Waals surface area contributed by atoms with Gasteiger partial charge in [0.25, 0.3) is 0 Å². The standard InChI is InChI=1S/C22H23N3O2S/c1-25(12-13-27-2)20-10-11-23-22-21(20)18-14-16(8-9-19(18)24-22)15-28(26)17-6-4-3-5-7-17/h3-11,14H,12-13,15H2,1-2H3,(H,23,24). The fourth-order valence-corrected chi connectivity index (χ4v) is 4.52. The van der Waals surface area contributed by atoms with Crippen LogP contribution in [0.1, 0.15) is 5.56 Å². The van der Waals surface area contributed by atoms with Crippen molar-refractivity contribution < 1.29 is 8.95 Å². The highest BCUT2D eigenvalue weighted by Crippen LogP contribution is 2.33. The van der Waals surface area contributed by atoms with Crippen molar-refractivity contribution in [1.29, 1.82) is 0 Å². The average molecular weight is 394 g/mol. The van der Waals surface area contributed by atoms with Gasteiger partial charge in [-0.3, -0.25) is 4.21 Å². The number of aromatic amines is 1. The third-order valence-electron chi connectivity index (χ3n) is 4.88. The average Bonchev–Trinajstić information content (AvgIpc) is 3.10. The highest BCUT2D eigenvalue weighted by atomic mass is 32.2. The summed E-state index contributed by atoms with van der Waals surface area (Å²) in [6, 6.07) is 17.8. The fourth-order valence-electron chi connectivity index (χ4n) is 3.41. The van der Waals surface area contributed by atoms with E-state index >= 15 is 0 Å². The lowest BCUT2D eigenvalue weighted by Crippen LogP contribution is -2.22. The Bertz CT molecular complexity index is 1120. The maximum atomic E-state index is 12.7. The lowest BCUT2D eigenvalue weighted by atomic mass is 10.1. The Labute approximate surface area is 166 Å². The van der Waals surface area contributed by atoms with Gasteiger partial charge in [0.05, 0.1) is 23.2 Å². The second-order valence-corrected chi connectivity index (χ2v) is 8.23. The largest absolute Gasteiger partial charge is 0.383 e. The van der Waals surface area contributed by atoms with Crippen LogP contribution in [0.4, 0.5) is 5.69 Å². The summed E-state index contributed by atoms with van der Waals surface area (Å²) >= 11 is 0. The number of rotatable bonds is 7. The molecule has 0 spiro atoms. The van der Waals surface area contributed by atoms with Crippen molar-refractivity contribution in [3.63, 3.8) is 0 Å². The molecular weight excluding hydrogens is 370 g/mol. The summed E-state index contributed by atoms with van der Waals surface area (Å²) in [5, 5.41) is 2.19. The van der Waals surface area contributed by atoms with Crippen LogP contribution in [-0.2, 0) is 21.3 Å². The molecule has 5 nitrogen and oxygen atoms in total. The van der Waals surface area contributed by atoms with E-state index in [1.54, 1.807) is 7.11 Å². The normalized spacial score (nSPS) is 12.5. The summed E-state index contributed by atoms with van der Waals surface area (Å²) in [6.07, 6.45) is 1.82. The molecule has 0 amide bonds. The fraction of sp³-hybridized carbons (Fsp3) is 0.227. The first-order valence-corrected chi connectivity index (χ1v) is 10.5. The molecule has 1 unspecified atom stereocenters. The molecule has 144 valence electrons. The number of nitrogens with zero attached hydrogens (tertiary/aromatic N) is 2. The molecule has 0 saturated heterocycles. The maximum Gasteiger partial charge on any atom is 0.140 e. The third kappa shape index (κ3) is 3.66. The Morgan fingerprint density at radius 3 is 2.75 bits per heavy atom. The predicted molar refractivity (Wildman–Crippen MR) is 115 cm³/mol. The van der Waals surface area contributed by atoms with Crippen LogP contribution in [0.2, 0.25) is 0 Å². The van der Waals surface area contributed by atoms with Crippen LogP contribution in [0.3, 0.4) is 0 Å². The summed E-state index contributed by atoms with van der Waals surface area (Å²) in [5.74, 6) is 0.488. The van der Waals surface area contributed by atoms with Crippen molar-refractivity contribution in [3.05, 3.63) is 66.4 Å². The van der Waals surface area contributed by atoms with Gasteiger partial charge in [-0.15, -0.1) is 0 Å². The molecule has 0 aliphatic carbocycles. The lowest BCUT2D eigenvalue weighted by molar-refractivity contribution is 0.206. The summed E-state index contributed by atoms with van der Waals surface area (Å²) < 4.78 is 17.9. The van der Waals surface area contributed by atoms with Gasteiger partial charge in [-0.1, -0.05) is 24.3 Å². The molecule has 0 aliphatic heterocycles. The summed E-state index contributed by atoms with van der Waals surface area (Å²) in [4.78, 5) is 10.9. The molecule has 2 aromatic heterocycles. The van der Waals surface area contributed by atoms with Gasteiger partial charge in [-0.25, -0.2) is 4.98 Å². The molecule has 4 aromatic rings. The summed E-state index contributed by atoms with van der Waals surface area (Å²) in [5.41, 5.74) is 4.04. The Kier molecular flexibility index (Phi) is 5.41. The van der Waals surface area contributed by atoms with Crippen molar-refractivity contribution in [2.45, 2.75) is 10.6 Å². The van der Waals surface area contributed by atoms with E-state index in [0.29, 0.717) is 12.4 Å². The van der Waals surface area contributed by atoms with Gasteiger partial charge in [0.2, 0.25) is 0 Å².